The molecule has 1 fully saturated rings. The molecule has 7 heteroatoms. The van der Waals surface area contributed by atoms with Crippen molar-refractivity contribution >= 4 is 23.2 Å². The zero-order valence-corrected chi connectivity index (χ0v) is 14.4. The van der Waals surface area contributed by atoms with E-state index < -0.39 is 5.91 Å². The minimum Gasteiger partial charge on any atom is -0.366 e. The second-order valence-electron chi connectivity index (χ2n) is 6.35. The first-order chi connectivity index (χ1) is 12.5. The van der Waals surface area contributed by atoms with Crippen molar-refractivity contribution in [2.75, 3.05) is 42.9 Å². The molecule has 0 saturated carbocycles. The van der Waals surface area contributed by atoms with Crippen molar-refractivity contribution in [3.8, 4) is 0 Å². The quantitative estimate of drug-likeness (QED) is 0.719. The summed E-state index contributed by atoms with van der Waals surface area (Å²) in [5.41, 5.74) is 7.06. The number of primary amides is 1. The van der Waals surface area contributed by atoms with Crippen LogP contribution in [-0.4, -0.2) is 44.5 Å². The molecule has 136 valence electrons. The number of benzene rings is 2. The standard InChI is InChI=1S/C19H21FN4O2/c20-14-5-7-15(8-6-14)24-11-9-23(10-12-24)13-18(25)22-17-4-2-1-3-16(17)19(21)26/h1-8H,9-13H2,(H2,21,26)(H,22,25)/p+1. The van der Waals surface area contributed by atoms with Gasteiger partial charge >= 0.3 is 0 Å². The third-order valence-electron chi connectivity index (χ3n) is 4.54. The second kappa shape index (κ2) is 7.97. The maximum absolute atomic E-state index is 13.0. The maximum atomic E-state index is 13.0. The topological polar surface area (TPSA) is 79.9 Å². The summed E-state index contributed by atoms with van der Waals surface area (Å²) >= 11 is 0. The lowest BCUT2D eigenvalue weighted by Crippen LogP contribution is -3.15. The molecular weight excluding hydrogens is 335 g/mol. The number of nitrogens with one attached hydrogen (secondary N) is 2. The van der Waals surface area contributed by atoms with Gasteiger partial charge in [0.15, 0.2) is 6.54 Å². The molecule has 0 spiro atoms. The Morgan fingerprint density at radius 2 is 1.73 bits per heavy atom. The van der Waals surface area contributed by atoms with Crippen molar-refractivity contribution in [2.45, 2.75) is 0 Å². The number of hydrogen-bond acceptors (Lipinski definition) is 3. The number of hydrogen-bond donors (Lipinski definition) is 3. The first-order valence-corrected chi connectivity index (χ1v) is 8.55. The van der Waals surface area contributed by atoms with E-state index in [1.165, 1.54) is 12.1 Å². The Bertz CT molecular complexity index is 786. The number of carbonyl (C=O) groups is 2. The van der Waals surface area contributed by atoms with Crippen LogP contribution in [0, 0.1) is 5.82 Å². The van der Waals surface area contributed by atoms with Gasteiger partial charge in [-0.15, -0.1) is 0 Å². The molecule has 1 aliphatic heterocycles. The van der Waals surface area contributed by atoms with Crippen LogP contribution in [0.2, 0.25) is 0 Å². The minimum atomic E-state index is -0.568. The first kappa shape index (κ1) is 17.9. The monoisotopic (exact) mass is 357 g/mol. The van der Waals surface area contributed by atoms with E-state index in [1.54, 1.807) is 36.4 Å². The largest absolute Gasteiger partial charge is 0.366 e. The normalized spacial score (nSPS) is 14.9. The smallest absolute Gasteiger partial charge is 0.279 e. The Labute approximate surface area is 151 Å². The van der Waals surface area contributed by atoms with Crippen LogP contribution in [0.3, 0.4) is 0 Å². The van der Waals surface area contributed by atoms with Gasteiger partial charge in [0.05, 0.1) is 37.4 Å². The van der Waals surface area contributed by atoms with Gasteiger partial charge in [0.1, 0.15) is 5.82 Å². The molecule has 1 aliphatic rings. The molecule has 1 heterocycles. The van der Waals surface area contributed by atoms with Gasteiger partial charge in [0.2, 0.25) is 0 Å². The highest BCUT2D eigenvalue weighted by Gasteiger charge is 2.23. The fraction of sp³-hybridized carbons (Fsp3) is 0.263. The van der Waals surface area contributed by atoms with Gasteiger partial charge in [-0.25, -0.2) is 4.39 Å². The predicted octanol–water partition coefficient (Wildman–Crippen LogP) is 0.268. The maximum Gasteiger partial charge on any atom is 0.279 e. The van der Waals surface area contributed by atoms with Gasteiger partial charge in [-0.1, -0.05) is 12.1 Å². The van der Waals surface area contributed by atoms with E-state index in [4.69, 9.17) is 5.73 Å². The summed E-state index contributed by atoms with van der Waals surface area (Å²) in [5.74, 6) is -0.962. The van der Waals surface area contributed by atoms with Crippen LogP contribution in [0.25, 0.3) is 0 Å². The Kier molecular flexibility index (Phi) is 5.48. The van der Waals surface area contributed by atoms with Gasteiger partial charge in [-0.2, -0.15) is 0 Å². The van der Waals surface area contributed by atoms with E-state index in [0.717, 1.165) is 36.8 Å². The van der Waals surface area contributed by atoms with E-state index in [0.29, 0.717) is 17.8 Å². The van der Waals surface area contributed by atoms with E-state index in [1.807, 2.05) is 0 Å². The number of quaternary nitrogens is 1. The summed E-state index contributed by atoms with van der Waals surface area (Å²) < 4.78 is 13.0. The highest BCUT2D eigenvalue weighted by Crippen LogP contribution is 2.15. The second-order valence-corrected chi connectivity index (χ2v) is 6.35. The van der Waals surface area contributed by atoms with Crippen molar-refractivity contribution in [3.05, 3.63) is 59.9 Å². The van der Waals surface area contributed by atoms with Gasteiger partial charge in [0.25, 0.3) is 11.8 Å². The summed E-state index contributed by atoms with van der Waals surface area (Å²) in [7, 11) is 0. The lowest BCUT2D eigenvalue weighted by Gasteiger charge is -2.33. The van der Waals surface area contributed by atoms with Gasteiger partial charge in [-0.3, -0.25) is 9.59 Å². The minimum absolute atomic E-state index is 0.149. The average Bonchev–Trinajstić information content (AvgIpc) is 2.63. The molecule has 0 atom stereocenters. The molecule has 0 unspecified atom stereocenters. The third-order valence-corrected chi connectivity index (χ3v) is 4.54. The number of rotatable bonds is 5. The van der Waals surface area contributed by atoms with E-state index >= 15 is 0 Å². The number of halogens is 1. The van der Waals surface area contributed by atoms with Crippen LogP contribution >= 0.6 is 0 Å². The van der Waals surface area contributed by atoms with Crippen molar-refractivity contribution in [3.63, 3.8) is 0 Å². The van der Waals surface area contributed by atoms with Crippen LogP contribution in [0.1, 0.15) is 10.4 Å². The highest BCUT2D eigenvalue weighted by molar-refractivity contribution is 6.03. The Morgan fingerprint density at radius 1 is 1.08 bits per heavy atom. The molecule has 2 amide bonds. The number of amides is 2. The SMILES string of the molecule is NC(=O)c1ccccc1NC(=O)C[NH+]1CCN(c2ccc(F)cc2)CC1. The molecule has 0 bridgehead atoms. The van der Waals surface area contributed by atoms with E-state index in [2.05, 4.69) is 10.2 Å². The number of carbonyl (C=O) groups excluding carboxylic acids is 2. The highest BCUT2D eigenvalue weighted by atomic mass is 19.1. The zero-order valence-electron chi connectivity index (χ0n) is 14.4. The molecule has 0 radical (unpaired) electrons. The molecule has 4 N–H and O–H groups in total. The summed E-state index contributed by atoms with van der Waals surface area (Å²) in [4.78, 5) is 27.1. The first-order valence-electron chi connectivity index (χ1n) is 8.55. The Balaban J connectivity index is 1.52. The van der Waals surface area contributed by atoms with Crippen molar-refractivity contribution in [1.82, 2.24) is 0 Å². The molecule has 2 aromatic carbocycles. The van der Waals surface area contributed by atoms with Crippen molar-refractivity contribution < 1.29 is 18.9 Å². The van der Waals surface area contributed by atoms with E-state index in [-0.39, 0.29) is 11.7 Å². The summed E-state index contributed by atoms with van der Waals surface area (Å²) in [5, 5.41) is 2.77. The van der Waals surface area contributed by atoms with Crippen LogP contribution in [0.4, 0.5) is 15.8 Å². The summed E-state index contributed by atoms with van der Waals surface area (Å²) in [6.45, 7) is 3.53. The van der Waals surface area contributed by atoms with Gasteiger partial charge in [0, 0.05) is 5.69 Å². The Hall–Kier alpha value is -2.93. The summed E-state index contributed by atoms with van der Waals surface area (Å²) in [6, 6.07) is 13.2. The zero-order chi connectivity index (χ0) is 18.5. The average molecular weight is 357 g/mol. The van der Waals surface area contributed by atoms with Crippen molar-refractivity contribution in [2.24, 2.45) is 5.73 Å². The lowest BCUT2D eigenvalue weighted by atomic mass is 10.1. The van der Waals surface area contributed by atoms with Crippen molar-refractivity contribution in [1.29, 1.82) is 0 Å². The van der Waals surface area contributed by atoms with Crippen LogP contribution in [0.15, 0.2) is 48.5 Å². The number of anilines is 2. The molecule has 6 nitrogen and oxygen atoms in total. The number of nitrogens with zero attached hydrogens (tertiary/aromatic N) is 1. The van der Waals surface area contributed by atoms with Gasteiger partial charge < -0.3 is 20.9 Å². The number of para-hydroxylation sites is 1. The molecule has 3 rings (SSSR count). The Morgan fingerprint density at radius 3 is 2.38 bits per heavy atom. The molecule has 0 aliphatic carbocycles. The van der Waals surface area contributed by atoms with Crippen LogP contribution < -0.4 is 20.9 Å². The lowest BCUT2D eigenvalue weighted by molar-refractivity contribution is -0.892. The molecule has 0 aromatic heterocycles. The third kappa shape index (κ3) is 4.37. The van der Waals surface area contributed by atoms with Gasteiger partial charge in [-0.05, 0) is 36.4 Å². The molecule has 1 saturated heterocycles. The molecular formula is C19H22FN4O2+. The predicted molar refractivity (Wildman–Crippen MR) is 97.8 cm³/mol. The van der Waals surface area contributed by atoms with Crippen LogP contribution in [-0.2, 0) is 4.79 Å². The van der Waals surface area contributed by atoms with E-state index in [9.17, 15) is 14.0 Å². The molecule has 2 aromatic rings. The fourth-order valence-electron chi connectivity index (χ4n) is 3.14. The molecule has 26 heavy (non-hydrogen) atoms. The number of piperazine rings is 1. The van der Waals surface area contributed by atoms with Crippen LogP contribution in [0.5, 0.6) is 0 Å². The number of nitrogens with two attached hydrogens (primary N) is 1. The fourth-order valence-corrected chi connectivity index (χ4v) is 3.14. The summed E-state index contributed by atoms with van der Waals surface area (Å²) in [6.07, 6.45) is 0.